The summed E-state index contributed by atoms with van der Waals surface area (Å²) < 4.78 is 5.40. The zero-order valence-electron chi connectivity index (χ0n) is 12.5. The monoisotopic (exact) mass is 282 g/mol. The highest BCUT2D eigenvalue weighted by Gasteiger charge is 2.37. The summed E-state index contributed by atoms with van der Waals surface area (Å²) in [5, 5.41) is 4.84. The largest absolute Gasteiger partial charge is 0.440 e. The Labute approximate surface area is 120 Å². The molecule has 1 aromatic heterocycles. The number of nitrogens with zero attached hydrogens (tertiary/aromatic N) is 1. The summed E-state index contributed by atoms with van der Waals surface area (Å²) in [4.78, 5) is 4.25. The van der Waals surface area contributed by atoms with Crippen molar-refractivity contribution >= 4 is 11.8 Å². The maximum atomic E-state index is 5.40. The number of oxazole rings is 1. The standard InChI is InChI=1S/C15H26N2OS/c1-5-15(2,3)11-6-7-12(16-4)13(10-11)19-14-17-8-9-18-14/h8-9,11-13,16H,5-7,10H2,1-4H3. The van der Waals surface area contributed by atoms with Crippen molar-refractivity contribution in [2.45, 2.75) is 63.0 Å². The third-order valence-corrected chi connectivity index (χ3v) is 6.07. The molecule has 4 heteroatoms. The topological polar surface area (TPSA) is 38.1 Å². The molecule has 1 aliphatic rings. The van der Waals surface area contributed by atoms with Crippen LogP contribution in [0.1, 0.15) is 46.5 Å². The summed E-state index contributed by atoms with van der Waals surface area (Å²) in [6, 6.07) is 0.570. The normalized spacial score (nSPS) is 28.5. The molecule has 1 aromatic rings. The number of nitrogens with one attached hydrogen (secondary N) is 1. The van der Waals surface area contributed by atoms with Crippen molar-refractivity contribution in [2.24, 2.45) is 11.3 Å². The predicted octanol–water partition coefficient (Wildman–Crippen LogP) is 3.96. The lowest BCUT2D eigenvalue weighted by molar-refractivity contribution is 0.142. The maximum absolute atomic E-state index is 5.40. The van der Waals surface area contributed by atoms with E-state index in [0.717, 1.165) is 11.1 Å². The smallest absolute Gasteiger partial charge is 0.255 e. The first-order valence-corrected chi connectivity index (χ1v) is 8.18. The van der Waals surface area contributed by atoms with Gasteiger partial charge in [-0.2, -0.15) is 0 Å². The Morgan fingerprint density at radius 3 is 2.84 bits per heavy atom. The third-order valence-electron chi connectivity index (χ3n) is 4.84. The summed E-state index contributed by atoms with van der Waals surface area (Å²) in [6.45, 7) is 7.12. The van der Waals surface area contributed by atoms with Gasteiger partial charge in [0.25, 0.3) is 5.22 Å². The lowest BCUT2D eigenvalue weighted by Crippen LogP contribution is -2.43. The Kier molecular flexibility index (Phi) is 4.96. The highest BCUT2D eigenvalue weighted by atomic mass is 32.2. The SMILES string of the molecule is CCC(C)(C)C1CCC(NC)C(Sc2ncco2)C1. The first-order valence-electron chi connectivity index (χ1n) is 7.30. The number of hydrogen-bond acceptors (Lipinski definition) is 4. The molecule has 0 amide bonds. The van der Waals surface area contributed by atoms with Gasteiger partial charge in [-0.1, -0.05) is 39.0 Å². The van der Waals surface area contributed by atoms with E-state index in [1.807, 2.05) is 0 Å². The van der Waals surface area contributed by atoms with E-state index in [9.17, 15) is 0 Å². The van der Waals surface area contributed by atoms with Crippen molar-refractivity contribution in [3.05, 3.63) is 12.5 Å². The Hall–Kier alpha value is -0.480. The van der Waals surface area contributed by atoms with Gasteiger partial charge in [-0.05, 0) is 37.6 Å². The molecule has 1 fully saturated rings. The van der Waals surface area contributed by atoms with Gasteiger partial charge in [0.1, 0.15) is 6.26 Å². The Balaban J connectivity index is 2.04. The van der Waals surface area contributed by atoms with Gasteiger partial charge in [0, 0.05) is 11.3 Å². The Bertz CT molecular complexity index is 378. The number of thioether (sulfide) groups is 1. The van der Waals surface area contributed by atoms with Gasteiger partial charge in [0.05, 0.1) is 6.20 Å². The summed E-state index contributed by atoms with van der Waals surface area (Å²) >= 11 is 1.79. The lowest BCUT2D eigenvalue weighted by atomic mass is 9.68. The minimum absolute atomic E-state index is 0.439. The fourth-order valence-corrected chi connectivity index (χ4v) is 4.24. The molecule has 0 saturated heterocycles. The van der Waals surface area contributed by atoms with Crippen LogP contribution in [0.15, 0.2) is 22.1 Å². The average molecular weight is 282 g/mol. The molecule has 0 spiro atoms. The van der Waals surface area contributed by atoms with Crippen LogP contribution in [0.5, 0.6) is 0 Å². The van der Waals surface area contributed by atoms with Gasteiger partial charge in [0.15, 0.2) is 0 Å². The van der Waals surface area contributed by atoms with E-state index >= 15 is 0 Å². The van der Waals surface area contributed by atoms with Crippen molar-refractivity contribution in [2.75, 3.05) is 7.05 Å². The van der Waals surface area contributed by atoms with Gasteiger partial charge in [-0.3, -0.25) is 0 Å². The van der Waals surface area contributed by atoms with Gasteiger partial charge in [-0.15, -0.1) is 0 Å². The van der Waals surface area contributed by atoms with Crippen molar-refractivity contribution in [1.82, 2.24) is 10.3 Å². The molecule has 0 radical (unpaired) electrons. The highest BCUT2D eigenvalue weighted by molar-refractivity contribution is 7.99. The van der Waals surface area contributed by atoms with Crippen molar-refractivity contribution < 1.29 is 4.42 Å². The Morgan fingerprint density at radius 1 is 1.47 bits per heavy atom. The lowest BCUT2D eigenvalue weighted by Gasteiger charge is -2.42. The number of rotatable bonds is 5. The second-order valence-electron chi connectivity index (χ2n) is 6.20. The maximum Gasteiger partial charge on any atom is 0.255 e. The molecule has 0 aliphatic heterocycles. The minimum Gasteiger partial charge on any atom is -0.440 e. The average Bonchev–Trinajstić information content (AvgIpc) is 2.91. The van der Waals surface area contributed by atoms with Crippen LogP contribution >= 0.6 is 11.8 Å². The fourth-order valence-electron chi connectivity index (χ4n) is 2.99. The van der Waals surface area contributed by atoms with E-state index in [2.05, 4.69) is 38.1 Å². The quantitative estimate of drug-likeness (QED) is 0.887. The van der Waals surface area contributed by atoms with Gasteiger partial charge in [-0.25, -0.2) is 4.98 Å². The van der Waals surface area contributed by atoms with Crippen LogP contribution in [0, 0.1) is 11.3 Å². The summed E-state index contributed by atoms with van der Waals surface area (Å²) in [6.07, 6.45) is 8.47. The zero-order chi connectivity index (χ0) is 13.9. The zero-order valence-corrected chi connectivity index (χ0v) is 13.3. The second-order valence-corrected chi connectivity index (χ2v) is 7.39. The van der Waals surface area contributed by atoms with Gasteiger partial charge in [0.2, 0.25) is 0 Å². The molecule has 1 aliphatic carbocycles. The van der Waals surface area contributed by atoms with E-state index in [4.69, 9.17) is 4.42 Å². The molecule has 0 bridgehead atoms. The molecule has 0 aromatic carbocycles. The first-order chi connectivity index (χ1) is 9.06. The molecule has 3 nitrogen and oxygen atoms in total. The second kappa shape index (κ2) is 6.31. The van der Waals surface area contributed by atoms with E-state index in [1.165, 1.54) is 25.7 Å². The van der Waals surface area contributed by atoms with Crippen molar-refractivity contribution in [3.8, 4) is 0 Å². The predicted molar refractivity (Wildman–Crippen MR) is 80.4 cm³/mol. The summed E-state index contributed by atoms with van der Waals surface area (Å²) in [5.41, 5.74) is 0.439. The molecule has 108 valence electrons. The van der Waals surface area contributed by atoms with Crippen molar-refractivity contribution in [1.29, 1.82) is 0 Å². The third kappa shape index (κ3) is 3.54. The molecule has 19 heavy (non-hydrogen) atoms. The number of hydrogen-bond donors (Lipinski definition) is 1. The van der Waals surface area contributed by atoms with E-state index in [-0.39, 0.29) is 0 Å². The molecular weight excluding hydrogens is 256 g/mol. The van der Waals surface area contributed by atoms with Crippen LogP contribution < -0.4 is 5.32 Å². The van der Waals surface area contributed by atoms with Crippen LogP contribution in [0.3, 0.4) is 0 Å². The van der Waals surface area contributed by atoms with E-state index in [0.29, 0.717) is 16.7 Å². The Morgan fingerprint density at radius 2 is 2.26 bits per heavy atom. The van der Waals surface area contributed by atoms with Gasteiger partial charge >= 0.3 is 0 Å². The molecule has 3 atom stereocenters. The molecule has 1 N–H and O–H groups in total. The molecule has 1 saturated carbocycles. The molecule has 2 rings (SSSR count). The minimum atomic E-state index is 0.439. The van der Waals surface area contributed by atoms with Crippen LogP contribution in [0.25, 0.3) is 0 Å². The van der Waals surface area contributed by atoms with Crippen LogP contribution in [-0.4, -0.2) is 23.3 Å². The van der Waals surface area contributed by atoms with Crippen molar-refractivity contribution in [3.63, 3.8) is 0 Å². The highest BCUT2D eigenvalue weighted by Crippen LogP contribution is 2.44. The fraction of sp³-hybridized carbons (Fsp3) is 0.800. The summed E-state index contributed by atoms with van der Waals surface area (Å²) in [5.74, 6) is 0.801. The molecule has 3 unspecified atom stereocenters. The number of aromatic nitrogens is 1. The van der Waals surface area contributed by atoms with E-state index in [1.54, 1.807) is 24.2 Å². The van der Waals surface area contributed by atoms with Crippen LogP contribution in [-0.2, 0) is 0 Å². The van der Waals surface area contributed by atoms with Crippen LogP contribution in [0.4, 0.5) is 0 Å². The van der Waals surface area contributed by atoms with E-state index < -0.39 is 0 Å². The molecule has 1 heterocycles. The van der Waals surface area contributed by atoms with Crippen LogP contribution in [0.2, 0.25) is 0 Å². The summed E-state index contributed by atoms with van der Waals surface area (Å²) in [7, 11) is 2.07. The molecular formula is C15H26N2OS. The first kappa shape index (κ1) is 14.9. The van der Waals surface area contributed by atoms with Gasteiger partial charge < -0.3 is 9.73 Å².